The molecule has 0 saturated carbocycles. The second-order valence-electron chi connectivity index (χ2n) is 4.82. The first-order valence-corrected chi connectivity index (χ1v) is 7.91. The minimum absolute atomic E-state index is 0.0943. The summed E-state index contributed by atoms with van der Waals surface area (Å²) < 4.78 is 61.2. The molecule has 2 N–H and O–H groups in total. The largest absolute Gasteiger partial charge is 0.501 e. The van der Waals surface area contributed by atoms with Gasteiger partial charge in [-0.3, -0.25) is 4.68 Å². The molecule has 0 aliphatic rings. The van der Waals surface area contributed by atoms with Crippen molar-refractivity contribution in [2.75, 3.05) is 11.9 Å². The fraction of sp³-hybridized carbons (Fsp3) is 0.308. The normalized spacial score (nSPS) is 13.8. The van der Waals surface area contributed by atoms with E-state index in [4.69, 9.17) is 0 Å². The van der Waals surface area contributed by atoms with Gasteiger partial charge in [-0.15, -0.1) is 0 Å². The van der Waals surface area contributed by atoms with E-state index >= 15 is 0 Å². The number of aryl methyl sites for hydroxylation is 1. The zero-order chi connectivity index (χ0) is 17.3. The quantitative estimate of drug-likeness (QED) is 0.861. The summed E-state index contributed by atoms with van der Waals surface area (Å²) in [7, 11) is -3.65. The Kier molecular flexibility index (Phi) is 4.66. The molecular weight excluding hydrogens is 335 g/mol. The Morgan fingerprint density at radius 1 is 1.30 bits per heavy atom. The average molecular weight is 349 g/mol. The first-order chi connectivity index (χ1) is 10.6. The van der Waals surface area contributed by atoms with E-state index in [1.54, 1.807) is 13.2 Å². The van der Waals surface area contributed by atoms with E-state index in [-0.39, 0.29) is 6.54 Å². The molecule has 0 radical (unpaired) electrons. The minimum atomic E-state index is -5.35. The Hall–Kier alpha value is -2.07. The molecule has 0 amide bonds. The number of nitrogens with zero attached hydrogens (tertiary/aromatic N) is 2. The summed E-state index contributed by atoms with van der Waals surface area (Å²) in [5.41, 5.74) is -4.37. The molecule has 1 aromatic heterocycles. The number of aromatic nitrogens is 2. The van der Waals surface area contributed by atoms with Crippen molar-refractivity contribution in [2.24, 2.45) is 7.05 Å². The van der Waals surface area contributed by atoms with Gasteiger partial charge >= 0.3 is 5.51 Å². The molecule has 0 aliphatic carbocycles. The van der Waals surface area contributed by atoms with Gasteiger partial charge in [0.1, 0.15) is 0 Å². The van der Waals surface area contributed by atoms with Gasteiger partial charge in [-0.1, -0.05) is 0 Å². The molecule has 23 heavy (non-hydrogen) atoms. The Bertz CT molecular complexity index is 770. The lowest BCUT2D eigenvalue weighted by Gasteiger charge is -2.12. The molecule has 10 heteroatoms. The predicted molar refractivity (Wildman–Crippen MR) is 76.3 cm³/mol. The molecule has 1 unspecified atom stereocenters. The highest BCUT2D eigenvalue weighted by atomic mass is 32.2. The van der Waals surface area contributed by atoms with Crippen LogP contribution in [0.2, 0.25) is 0 Å². The van der Waals surface area contributed by atoms with Crippen molar-refractivity contribution in [2.45, 2.75) is 16.5 Å². The highest BCUT2D eigenvalue weighted by Gasteiger charge is 2.46. The summed E-state index contributed by atoms with van der Waals surface area (Å²) in [4.78, 5) is -0.830. The number of alkyl halides is 3. The van der Waals surface area contributed by atoms with Crippen LogP contribution in [0.15, 0.2) is 41.6 Å². The number of aliphatic hydroxyl groups excluding tert-OH is 1. The highest BCUT2D eigenvalue weighted by molar-refractivity contribution is 7.92. The third-order valence-corrected chi connectivity index (χ3v) is 4.58. The topological polar surface area (TPSA) is 84.2 Å². The average Bonchev–Trinajstić information content (AvgIpc) is 2.90. The molecule has 0 spiro atoms. The van der Waals surface area contributed by atoms with Crippen LogP contribution in [0, 0.1) is 0 Å². The number of hydrogen-bond donors (Lipinski definition) is 2. The maximum atomic E-state index is 12.4. The predicted octanol–water partition coefficient (Wildman–Crippen LogP) is 1.86. The third kappa shape index (κ3) is 3.82. The molecule has 0 bridgehead atoms. The second kappa shape index (κ2) is 6.20. The number of nitrogens with one attached hydrogen (secondary N) is 1. The molecule has 126 valence electrons. The van der Waals surface area contributed by atoms with Crippen LogP contribution in [0.3, 0.4) is 0 Å². The van der Waals surface area contributed by atoms with Crippen LogP contribution in [-0.2, 0) is 16.9 Å². The summed E-state index contributed by atoms with van der Waals surface area (Å²) in [6, 6.07) is 4.13. The number of anilines is 1. The Labute approximate surface area is 130 Å². The van der Waals surface area contributed by atoms with Gasteiger partial charge in [0.15, 0.2) is 0 Å². The molecule has 0 saturated heterocycles. The zero-order valence-corrected chi connectivity index (χ0v) is 12.8. The van der Waals surface area contributed by atoms with Crippen LogP contribution in [0.5, 0.6) is 0 Å². The first kappa shape index (κ1) is 17.3. The molecule has 2 aromatic rings. The maximum Gasteiger partial charge on any atom is 0.501 e. The fourth-order valence-corrected chi connectivity index (χ4v) is 2.59. The van der Waals surface area contributed by atoms with Crippen molar-refractivity contribution in [3.63, 3.8) is 0 Å². The van der Waals surface area contributed by atoms with E-state index in [0.29, 0.717) is 11.3 Å². The van der Waals surface area contributed by atoms with E-state index < -0.39 is 26.3 Å². The lowest BCUT2D eigenvalue weighted by Crippen LogP contribution is -2.23. The SMILES string of the molecule is Cn1cc(C(O)CNc2ccc(S(=O)(=O)C(F)(F)F)cc2)cn1. The smallest absolute Gasteiger partial charge is 0.386 e. The van der Waals surface area contributed by atoms with Gasteiger partial charge in [-0.05, 0) is 24.3 Å². The van der Waals surface area contributed by atoms with Crippen molar-refractivity contribution < 1.29 is 26.7 Å². The van der Waals surface area contributed by atoms with Crippen molar-refractivity contribution in [3.05, 3.63) is 42.2 Å². The molecule has 0 fully saturated rings. The number of aliphatic hydroxyl groups is 1. The number of hydrogen-bond acceptors (Lipinski definition) is 5. The van der Waals surface area contributed by atoms with Crippen LogP contribution in [0.1, 0.15) is 11.7 Å². The van der Waals surface area contributed by atoms with Gasteiger partial charge < -0.3 is 10.4 Å². The maximum absolute atomic E-state index is 12.4. The standard InChI is InChI=1S/C13H14F3N3O3S/c1-19-8-9(6-18-19)12(20)7-17-10-2-4-11(5-3-10)23(21,22)13(14,15)16/h2-6,8,12,17,20H,7H2,1H3. The van der Waals surface area contributed by atoms with Crippen molar-refractivity contribution in [1.29, 1.82) is 0 Å². The van der Waals surface area contributed by atoms with Crippen LogP contribution in [0.4, 0.5) is 18.9 Å². The van der Waals surface area contributed by atoms with Crippen molar-refractivity contribution >= 4 is 15.5 Å². The van der Waals surface area contributed by atoms with E-state index in [0.717, 1.165) is 12.1 Å². The van der Waals surface area contributed by atoms with Crippen molar-refractivity contribution in [1.82, 2.24) is 9.78 Å². The molecule has 1 heterocycles. The van der Waals surface area contributed by atoms with E-state index in [1.807, 2.05) is 0 Å². The summed E-state index contributed by atoms with van der Waals surface area (Å²) in [6.07, 6.45) is 2.26. The van der Waals surface area contributed by atoms with Crippen LogP contribution in [-0.4, -0.2) is 35.4 Å². The first-order valence-electron chi connectivity index (χ1n) is 6.43. The number of rotatable bonds is 5. The Morgan fingerprint density at radius 3 is 2.39 bits per heavy atom. The molecule has 2 rings (SSSR count). The zero-order valence-electron chi connectivity index (χ0n) is 11.9. The highest BCUT2D eigenvalue weighted by Crippen LogP contribution is 2.30. The lowest BCUT2D eigenvalue weighted by molar-refractivity contribution is -0.0436. The summed E-state index contributed by atoms with van der Waals surface area (Å²) in [5.74, 6) is 0. The van der Waals surface area contributed by atoms with Gasteiger partial charge in [0.2, 0.25) is 0 Å². The lowest BCUT2D eigenvalue weighted by atomic mass is 10.2. The van der Waals surface area contributed by atoms with Gasteiger partial charge in [-0.2, -0.15) is 18.3 Å². The van der Waals surface area contributed by atoms with Gasteiger partial charge in [0.25, 0.3) is 9.84 Å². The summed E-state index contributed by atoms with van der Waals surface area (Å²) in [6.45, 7) is 0.0943. The van der Waals surface area contributed by atoms with Gasteiger partial charge in [0, 0.05) is 31.0 Å². The van der Waals surface area contributed by atoms with Gasteiger partial charge in [0.05, 0.1) is 17.2 Å². The molecule has 0 aliphatic heterocycles. The second-order valence-corrected chi connectivity index (χ2v) is 6.76. The van der Waals surface area contributed by atoms with E-state index in [2.05, 4.69) is 10.4 Å². The van der Waals surface area contributed by atoms with Crippen LogP contribution >= 0.6 is 0 Å². The molecule has 6 nitrogen and oxygen atoms in total. The Balaban J connectivity index is 2.03. The number of sulfone groups is 1. The summed E-state index contributed by atoms with van der Waals surface area (Å²) >= 11 is 0. The fourth-order valence-electron chi connectivity index (χ4n) is 1.83. The van der Waals surface area contributed by atoms with E-state index in [9.17, 15) is 26.7 Å². The molecular formula is C13H14F3N3O3S. The van der Waals surface area contributed by atoms with Gasteiger partial charge in [-0.25, -0.2) is 8.42 Å². The van der Waals surface area contributed by atoms with Crippen molar-refractivity contribution in [3.8, 4) is 0 Å². The van der Waals surface area contributed by atoms with Crippen LogP contribution < -0.4 is 5.32 Å². The third-order valence-electron chi connectivity index (χ3n) is 3.08. The molecule has 1 atom stereocenters. The summed E-state index contributed by atoms with van der Waals surface area (Å²) in [5, 5.41) is 16.6. The Morgan fingerprint density at radius 2 is 1.91 bits per heavy atom. The number of benzene rings is 1. The van der Waals surface area contributed by atoms with Crippen LogP contribution in [0.25, 0.3) is 0 Å². The molecule has 1 aromatic carbocycles. The number of halogens is 3. The monoisotopic (exact) mass is 349 g/mol. The van der Waals surface area contributed by atoms with E-state index in [1.165, 1.54) is 23.0 Å². The minimum Gasteiger partial charge on any atom is -0.386 e.